The fraction of sp³-hybridized carbons (Fsp3) is 0.0698. The first-order chi connectivity index (χ1) is 22.2. The van der Waals surface area contributed by atoms with Gasteiger partial charge in [0.25, 0.3) is 0 Å². The Morgan fingerprint density at radius 3 is 2.00 bits per heavy atom. The molecule has 2 nitrogen and oxygen atoms in total. The molecular formula is C43H37NO. The number of allylic oxidation sites excluding steroid dienone is 12. The van der Waals surface area contributed by atoms with Gasteiger partial charge in [-0.25, -0.2) is 0 Å². The van der Waals surface area contributed by atoms with Crippen molar-refractivity contribution < 1.29 is 4.74 Å². The van der Waals surface area contributed by atoms with Crippen molar-refractivity contribution >= 4 is 11.8 Å². The summed E-state index contributed by atoms with van der Waals surface area (Å²) in [7, 11) is 0. The highest BCUT2D eigenvalue weighted by Crippen LogP contribution is 2.55. The minimum absolute atomic E-state index is 0.726. The minimum atomic E-state index is -0.726. The minimum Gasteiger partial charge on any atom is -0.457 e. The van der Waals surface area contributed by atoms with E-state index in [4.69, 9.17) is 17.9 Å². The second-order valence-electron chi connectivity index (χ2n) is 11.1. The number of hydrogen-bond donors (Lipinski definition) is 1. The number of anilines is 1. The van der Waals surface area contributed by atoms with Crippen molar-refractivity contribution in [1.29, 1.82) is 0 Å². The lowest BCUT2D eigenvalue weighted by Crippen LogP contribution is -2.34. The van der Waals surface area contributed by atoms with E-state index in [1.54, 1.807) is 0 Å². The van der Waals surface area contributed by atoms with E-state index < -0.39 is 5.41 Å². The van der Waals surface area contributed by atoms with E-state index in [9.17, 15) is 0 Å². The van der Waals surface area contributed by atoms with Gasteiger partial charge in [-0.15, -0.1) is 0 Å². The van der Waals surface area contributed by atoms with Crippen molar-refractivity contribution in [3.63, 3.8) is 0 Å². The van der Waals surface area contributed by atoms with Crippen LogP contribution in [-0.4, -0.2) is 0 Å². The van der Waals surface area contributed by atoms with Crippen LogP contribution in [0.4, 0.5) is 5.69 Å². The van der Waals surface area contributed by atoms with Crippen LogP contribution in [0.3, 0.4) is 0 Å². The van der Waals surface area contributed by atoms with Crippen LogP contribution in [0, 0.1) is 0 Å². The van der Waals surface area contributed by atoms with Crippen LogP contribution < -0.4 is 10.1 Å². The van der Waals surface area contributed by atoms with Gasteiger partial charge in [-0.2, -0.15) is 0 Å². The van der Waals surface area contributed by atoms with Gasteiger partial charge in [0.2, 0.25) is 0 Å². The summed E-state index contributed by atoms with van der Waals surface area (Å²) in [6, 6.07) is 35.2. The molecule has 1 heterocycles. The Kier molecular flexibility index (Phi) is 9.03. The van der Waals surface area contributed by atoms with E-state index >= 15 is 0 Å². The van der Waals surface area contributed by atoms with Crippen LogP contribution in [0.5, 0.6) is 11.5 Å². The molecule has 45 heavy (non-hydrogen) atoms. The maximum Gasteiger partial charge on any atom is 0.132 e. The standard InChI is InChI=1S/C43H37NO/c1-33-19-11-14-26-38(44-37-24-9-6-10-25-37)23-8-5-3-4-7-20-35-21-12-13-22-36(35)32-31-34(2)43(33)39-27-15-17-29-41(39)45-42-30-18-16-28-40(42)43/h3-6,8-19,21-32,44H,1-2,7,20H2/b4-3-,8-5-,19-11+,26-14+,32-31-,38-23+. The van der Waals surface area contributed by atoms with Crippen molar-refractivity contribution in [3.8, 4) is 11.5 Å². The molecule has 0 atom stereocenters. The van der Waals surface area contributed by atoms with Gasteiger partial charge in [-0.05, 0) is 71.5 Å². The van der Waals surface area contributed by atoms with Crippen LogP contribution in [0.1, 0.15) is 28.7 Å². The van der Waals surface area contributed by atoms with Crippen LogP contribution in [0.25, 0.3) is 6.08 Å². The summed E-state index contributed by atoms with van der Waals surface area (Å²) < 4.78 is 6.43. The first-order valence-corrected chi connectivity index (χ1v) is 15.4. The summed E-state index contributed by atoms with van der Waals surface area (Å²) in [4.78, 5) is 0. The van der Waals surface area contributed by atoms with Gasteiger partial charge >= 0.3 is 0 Å². The number of benzene rings is 4. The Hall–Kier alpha value is -5.60. The molecule has 4 aromatic carbocycles. The van der Waals surface area contributed by atoms with Crippen molar-refractivity contribution in [2.45, 2.75) is 18.3 Å². The highest BCUT2D eigenvalue weighted by molar-refractivity contribution is 5.72. The molecule has 220 valence electrons. The molecule has 0 saturated heterocycles. The molecule has 1 spiro atoms. The second-order valence-corrected chi connectivity index (χ2v) is 11.1. The van der Waals surface area contributed by atoms with Gasteiger partial charge in [0.05, 0.1) is 5.41 Å². The molecule has 0 unspecified atom stereocenters. The third kappa shape index (κ3) is 6.37. The first-order valence-electron chi connectivity index (χ1n) is 15.4. The van der Waals surface area contributed by atoms with Crippen LogP contribution >= 0.6 is 0 Å². The number of nitrogens with one attached hydrogen (secondary N) is 1. The molecule has 4 aromatic rings. The Morgan fingerprint density at radius 1 is 0.578 bits per heavy atom. The quantitative estimate of drug-likeness (QED) is 0.253. The number of rotatable bonds is 2. The normalized spacial score (nSPS) is 20.7. The largest absolute Gasteiger partial charge is 0.457 e. The van der Waals surface area contributed by atoms with Crippen molar-refractivity contribution in [3.05, 3.63) is 216 Å². The van der Waals surface area contributed by atoms with Gasteiger partial charge in [0.15, 0.2) is 0 Å². The molecular weight excluding hydrogens is 546 g/mol. The molecule has 6 rings (SSSR count). The van der Waals surface area contributed by atoms with Gasteiger partial charge in [0, 0.05) is 22.5 Å². The highest BCUT2D eigenvalue weighted by Gasteiger charge is 2.45. The zero-order valence-corrected chi connectivity index (χ0v) is 25.4. The van der Waals surface area contributed by atoms with Crippen molar-refractivity contribution in [1.82, 2.24) is 0 Å². The maximum atomic E-state index is 6.43. The fourth-order valence-electron chi connectivity index (χ4n) is 6.05. The first kappa shape index (κ1) is 29.5. The Bertz CT molecular complexity index is 1830. The molecule has 1 N–H and O–H groups in total. The summed E-state index contributed by atoms with van der Waals surface area (Å²) >= 11 is 0. The average Bonchev–Trinajstić information content (AvgIpc) is 3.07. The Balaban J connectivity index is 1.48. The van der Waals surface area contributed by atoms with Gasteiger partial charge in [-0.1, -0.05) is 147 Å². The van der Waals surface area contributed by atoms with Crippen LogP contribution in [0.15, 0.2) is 194 Å². The lowest BCUT2D eigenvalue weighted by molar-refractivity contribution is 0.434. The van der Waals surface area contributed by atoms with E-state index in [0.29, 0.717) is 0 Å². The maximum absolute atomic E-state index is 6.43. The highest BCUT2D eigenvalue weighted by atomic mass is 16.5. The summed E-state index contributed by atoms with van der Waals surface area (Å²) in [5.74, 6) is 1.62. The molecule has 2 heteroatoms. The average molecular weight is 584 g/mol. The Labute approximate surface area is 267 Å². The molecule has 0 bridgehead atoms. The van der Waals surface area contributed by atoms with Crippen molar-refractivity contribution in [2.24, 2.45) is 0 Å². The number of aryl methyl sites for hydroxylation is 1. The van der Waals surface area contributed by atoms with E-state index in [1.807, 2.05) is 48.5 Å². The summed E-state index contributed by atoms with van der Waals surface area (Å²) in [5.41, 5.74) is 7.64. The lowest BCUT2D eigenvalue weighted by Gasteiger charge is -2.42. The van der Waals surface area contributed by atoms with Crippen molar-refractivity contribution in [2.75, 3.05) is 5.32 Å². The van der Waals surface area contributed by atoms with E-state index in [-0.39, 0.29) is 0 Å². The number of fused-ring (bicyclic) bond motifs is 5. The SMILES string of the molecule is C=C1/C=C\c2ccccc2CC\C=C/C=C\C=C(Nc2ccccc2)/C=C/C=C/C(=C)C12c1ccccc1Oc1ccccc12. The molecule has 0 fully saturated rings. The predicted molar refractivity (Wildman–Crippen MR) is 191 cm³/mol. The topological polar surface area (TPSA) is 21.3 Å². The fourth-order valence-corrected chi connectivity index (χ4v) is 6.05. The third-order valence-corrected chi connectivity index (χ3v) is 8.25. The van der Waals surface area contributed by atoms with Gasteiger partial charge in [-0.3, -0.25) is 0 Å². The summed E-state index contributed by atoms with van der Waals surface area (Å²) in [5, 5.41) is 3.52. The molecule has 0 radical (unpaired) electrons. The van der Waals surface area contributed by atoms with E-state index in [2.05, 4.69) is 127 Å². The van der Waals surface area contributed by atoms with Crippen LogP contribution in [-0.2, 0) is 11.8 Å². The van der Waals surface area contributed by atoms with Crippen LogP contribution in [0.2, 0.25) is 0 Å². The molecule has 0 aromatic heterocycles. The third-order valence-electron chi connectivity index (χ3n) is 8.25. The molecule has 0 saturated carbocycles. The Morgan fingerprint density at radius 2 is 1.22 bits per heavy atom. The summed E-state index contributed by atoms with van der Waals surface area (Å²) in [6.07, 6.45) is 25.0. The molecule has 0 amide bonds. The predicted octanol–water partition coefficient (Wildman–Crippen LogP) is 11.1. The van der Waals surface area contributed by atoms with Gasteiger partial charge < -0.3 is 10.1 Å². The molecule has 1 aliphatic heterocycles. The molecule has 2 aliphatic rings. The second kappa shape index (κ2) is 13.8. The number of ether oxygens (including phenoxy) is 1. The lowest BCUT2D eigenvalue weighted by atomic mass is 9.63. The summed E-state index contributed by atoms with van der Waals surface area (Å²) in [6.45, 7) is 9.41. The number of hydrogen-bond acceptors (Lipinski definition) is 2. The molecule has 1 aliphatic carbocycles. The zero-order valence-electron chi connectivity index (χ0n) is 25.4. The monoisotopic (exact) mass is 583 g/mol. The van der Waals surface area contributed by atoms with E-state index in [1.165, 1.54) is 11.1 Å². The smallest absolute Gasteiger partial charge is 0.132 e. The van der Waals surface area contributed by atoms with Gasteiger partial charge in [0.1, 0.15) is 11.5 Å². The van der Waals surface area contributed by atoms with E-state index in [0.717, 1.165) is 58.0 Å². The number of para-hydroxylation sites is 3. The zero-order chi connectivity index (χ0) is 30.9.